The molecule has 0 heterocycles. The Kier molecular flexibility index (Phi) is 4.64. The second-order valence-corrected chi connectivity index (χ2v) is 5.06. The van der Waals surface area contributed by atoms with Gasteiger partial charge in [0.15, 0.2) is 0 Å². The van der Waals surface area contributed by atoms with Gasteiger partial charge < -0.3 is 14.7 Å². The molecule has 1 atom stereocenters. The first-order valence-corrected chi connectivity index (χ1v) is 6.68. The van der Waals surface area contributed by atoms with Gasteiger partial charge in [0.1, 0.15) is 5.75 Å². The molecule has 1 N–H and O–H groups in total. The van der Waals surface area contributed by atoms with Crippen LogP contribution in [0.15, 0.2) is 48.5 Å². The fraction of sp³-hybridized carbons (Fsp3) is 0.294. The molecule has 2 aromatic rings. The highest BCUT2D eigenvalue weighted by Crippen LogP contribution is 2.23. The molecule has 3 heteroatoms. The molecule has 20 heavy (non-hydrogen) atoms. The van der Waals surface area contributed by atoms with Crippen molar-refractivity contribution in [2.45, 2.75) is 12.5 Å². The van der Waals surface area contributed by atoms with Crippen LogP contribution in [0.1, 0.15) is 17.2 Å². The van der Waals surface area contributed by atoms with E-state index in [0.29, 0.717) is 6.42 Å². The summed E-state index contributed by atoms with van der Waals surface area (Å²) in [6.07, 6.45) is 0.0803. The normalized spacial score (nSPS) is 12.0. The predicted octanol–water partition coefficient (Wildman–Crippen LogP) is 3.04. The monoisotopic (exact) mass is 271 g/mol. The van der Waals surface area contributed by atoms with E-state index < -0.39 is 6.10 Å². The quantitative estimate of drug-likeness (QED) is 0.907. The zero-order valence-corrected chi connectivity index (χ0v) is 12.2. The smallest absolute Gasteiger partial charge is 0.119 e. The number of anilines is 1. The van der Waals surface area contributed by atoms with Crippen LogP contribution in [-0.4, -0.2) is 26.3 Å². The van der Waals surface area contributed by atoms with Gasteiger partial charge in [-0.15, -0.1) is 0 Å². The van der Waals surface area contributed by atoms with Crippen LogP contribution in [0.2, 0.25) is 0 Å². The molecule has 0 aromatic heterocycles. The minimum atomic E-state index is -0.502. The van der Waals surface area contributed by atoms with Crippen LogP contribution in [0.4, 0.5) is 5.69 Å². The minimum Gasteiger partial charge on any atom is -0.497 e. The van der Waals surface area contributed by atoms with E-state index in [4.69, 9.17) is 4.74 Å². The van der Waals surface area contributed by atoms with Crippen molar-refractivity contribution in [1.29, 1.82) is 0 Å². The molecule has 0 aliphatic heterocycles. The molecule has 0 saturated carbocycles. The Morgan fingerprint density at radius 1 is 1.10 bits per heavy atom. The Balaban J connectivity index is 2.08. The SMILES string of the molecule is COc1cccc(CC(O)c2ccc(N(C)C)cc2)c1. The van der Waals surface area contributed by atoms with Crippen molar-refractivity contribution < 1.29 is 9.84 Å². The van der Waals surface area contributed by atoms with Gasteiger partial charge in [0.2, 0.25) is 0 Å². The number of aliphatic hydroxyl groups excluding tert-OH is 1. The number of methoxy groups -OCH3 is 1. The molecule has 0 aliphatic rings. The van der Waals surface area contributed by atoms with Crippen LogP contribution in [0.3, 0.4) is 0 Å². The largest absolute Gasteiger partial charge is 0.497 e. The molecule has 0 amide bonds. The second kappa shape index (κ2) is 6.44. The molecule has 2 rings (SSSR count). The van der Waals surface area contributed by atoms with E-state index in [2.05, 4.69) is 0 Å². The predicted molar refractivity (Wildman–Crippen MR) is 82.4 cm³/mol. The fourth-order valence-corrected chi connectivity index (χ4v) is 2.14. The lowest BCUT2D eigenvalue weighted by atomic mass is 10.0. The lowest BCUT2D eigenvalue weighted by molar-refractivity contribution is 0.178. The third-order valence-electron chi connectivity index (χ3n) is 3.36. The van der Waals surface area contributed by atoms with Crippen molar-refractivity contribution in [1.82, 2.24) is 0 Å². The molecule has 106 valence electrons. The molecule has 0 fully saturated rings. The number of benzene rings is 2. The van der Waals surface area contributed by atoms with Crippen molar-refractivity contribution in [3.05, 3.63) is 59.7 Å². The molecule has 1 unspecified atom stereocenters. The zero-order valence-electron chi connectivity index (χ0n) is 12.2. The van der Waals surface area contributed by atoms with Gasteiger partial charge in [0, 0.05) is 26.2 Å². The van der Waals surface area contributed by atoms with Crippen molar-refractivity contribution in [2.24, 2.45) is 0 Å². The fourth-order valence-electron chi connectivity index (χ4n) is 2.14. The van der Waals surface area contributed by atoms with E-state index in [1.54, 1.807) is 7.11 Å². The number of rotatable bonds is 5. The summed E-state index contributed by atoms with van der Waals surface area (Å²) in [5.74, 6) is 0.817. The number of nitrogens with zero attached hydrogens (tertiary/aromatic N) is 1. The average Bonchev–Trinajstić information content (AvgIpc) is 2.47. The highest BCUT2D eigenvalue weighted by Gasteiger charge is 2.09. The van der Waals surface area contributed by atoms with Gasteiger partial charge in [-0.2, -0.15) is 0 Å². The molecule has 2 aromatic carbocycles. The van der Waals surface area contributed by atoms with Crippen molar-refractivity contribution >= 4 is 5.69 Å². The summed E-state index contributed by atoms with van der Waals surface area (Å²) in [5, 5.41) is 10.3. The summed E-state index contributed by atoms with van der Waals surface area (Å²) in [4.78, 5) is 2.04. The third-order valence-corrected chi connectivity index (χ3v) is 3.36. The van der Waals surface area contributed by atoms with Crippen LogP contribution in [0, 0.1) is 0 Å². The van der Waals surface area contributed by atoms with E-state index in [9.17, 15) is 5.11 Å². The Morgan fingerprint density at radius 2 is 1.80 bits per heavy atom. The van der Waals surface area contributed by atoms with Crippen LogP contribution in [0.5, 0.6) is 5.75 Å². The third kappa shape index (κ3) is 3.52. The molecule has 0 bridgehead atoms. The Morgan fingerprint density at radius 3 is 2.40 bits per heavy atom. The van der Waals surface area contributed by atoms with Crippen molar-refractivity contribution in [2.75, 3.05) is 26.1 Å². The first-order valence-electron chi connectivity index (χ1n) is 6.68. The van der Waals surface area contributed by atoms with Gasteiger partial charge in [0.05, 0.1) is 13.2 Å². The molecule has 3 nitrogen and oxygen atoms in total. The van der Waals surface area contributed by atoms with Gasteiger partial charge >= 0.3 is 0 Å². The zero-order chi connectivity index (χ0) is 14.5. The summed E-state index contributed by atoms with van der Waals surface area (Å²) in [6.45, 7) is 0. The Labute approximate surface area is 120 Å². The average molecular weight is 271 g/mol. The molecule has 0 radical (unpaired) electrons. The molecular formula is C17H21NO2. The summed E-state index contributed by atoms with van der Waals surface area (Å²) in [5.41, 5.74) is 3.12. The summed E-state index contributed by atoms with van der Waals surface area (Å²) < 4.78 is 5.20. The molecule has 0 spiro atoms. The van der Waals surface area contributed by atoms with Gasteiger partial charge in [-0.05, 0) is 35.4 Å². The summed E-state index contributed by atoms with van der Waals surface area (Å²) in [6, 6.07) is 15.8. The van der Waals surface area contributed by atoms with Gasteiger partial charge in [-0.25, -0.2) is 0 Å². The maximum absolute atomic E-state index is 10.3. The lowest BCUT2D eigenvalue weighted by Crippen LogP contribution is -2.09. The highest BCUT2D eigenvalue weighted by atomic mass is 16.5. The van der Waals surface area contributed by atoms with Crippen LogP contribution in [-0.2, 0) is 6.42 Å². The summed E-state index contributed by atoms with van der Waals surface area (Å²) in [7, 11) is 5.65. The van der Waals surface area contributed by atoms with Crippen LogP contribution < -0.4 is 9.64 Å². The Bertz CT molecular complexity index is 549. The number of hydrogen-bond donors (Lipinski definition) is 1. The minimum absolute atomic E-state index is 0.502. The van der Waals surface area contributed by atoms with E-state index in [1.165, 1.54) is 0 Å². The highest BCUT2D eigenvalue weighted by molar-refractivity contribution is 5.46. The van der Waals surface area contributed by atoms with E-state index in [0.717, 1.165) is 22.6 Å². The second-order valence-electron chi connectivity index (χ2n) is 5.06. The van der Waals surface area contributed by atoms with Crippen molar-refractivity contribution in [3.8, 4) is 5.75 Å². The van der Waals surface area contributed by atoms with Crippen LogP contribution >= 0.6 is 0 Å². The first kappa shape index (κ1) is 14.4. The Hall–Kier alpha value is -2.00. The maximum atomic E-state index is 10.3. The molecule has 0 aliphatic carbocycles. The van der Waals surface area contributed by atoms with E-state index >= 15 is 0 Å². The van der Waals surface area contributed by atoms with E-state index in [-0.39, 0.29) is 0 Å². The first-order chi connectivity index (χ1) is 9.60. The number of hydrogen-bond acceptors (Lipinski definition) is 3. The van der Waals surface area contributed by atoms with Gasteiger partial charge in [0.25, 0.3) is 0 Å². The van der Waals surface area contributed by atoms with Gasteiger partial charge in [-0.3, -0.25) is 0 Å². The lowest BCUT2D eigenvalue weighted by Gasteiger charge is -2.15. The summed E-state index contributed by atoms with van der Waals surface area (Å²) >= 11 is 0. The maximum Gasteiger partial charge on any atom is 0.119 e. The standard InChI is InChI=1S/C17H21NO2/c1-18(2)15-9-7-14(8-10-15)17(19)12-13-5-4-6-16(11-13)20-3/h4-11,17,19H,12H2,1-3H3. The number of aliphatic hydroxyl groups is 1. The van der Waals surface area contributed by atoms with Crippen LogP contribution in [0.25, 0.3) is 0 Å². The molecule has 0 saturated heterocycles. The van der Waals surface area contributed by atoms with E-state index in [1.807, 2.05) is 67.5 Å². The van der Waals surface area contributed by atoms with Gasteiger partial charge in [-0.1, -0.05) is 24.3 Å². The topological polar surface area (TPSA) is 32.7 Å². The van der Waals surface area contributed by atoms with Crippen molar-refractivity contribution in [3.63, 3.8) is 0 Å². The number of ether oxygens (including phenoxy) is 1. The molecular weight excluding hydrogens is 250 g/mol.